The normalized spacial score (nSPS) is 22.3. The van der Waals surface area contributed by atoms with Crippen molar-refractivity contribution >= 4 is 17.2 Å². The predicted molar refractivity (Wildman–Crippen MR) is 85.8 cm³/mol. The van der Waals surface area contributed by atoms with Crippen LogP contribution in [0.15, 0.2) is 46.6 Å². The third-order valence-electron chi connectivity index (χ3n) is 5.00. The van der Waals surface area contributed by atoms with Crippen molar-refractivity contribution in [2.45, 2.75) is 39.0 Å². The standard InChI is InChI=1S/C19H18FNO/c1-11-13(8-12-4-2-3-5-15(11)12)9-17-16-10-14(20)6-7-18(16)21-19(17)22/h6-7,9-10H,2-5,8H2,1H3,(H,21,22). The van der Waals surface area contributed by atoms with Gasteiger partial charge in [-0.3, -0.25) is 4.79 Å². The first-order valence-electron chi connectivity index (χ1n) is 7.87. The van der Waals surface area contributed by atoms with Crippen LogP contribution in [0.25, 0.3) is 5.57 Å². The minimum atomic E-state index is -0.310. The Morgan fingerprint density at radius 1 is 1.23 bits per heavy atom. The number of hydrogen-bond donors (Lipinski definition) is 1. The Balaban J connectivity index is 1.75. The van der Waals surface area contributed by atoms with Gasteiger partial charge in [0.05, 0.1) is 0 Å². The number of carbonyl (C=O) groups excluding carboxylic acids is 1. The molecule has 0 radical (unpaired) electrons. The van der Waals surface area contributed by atoms with Crippen molar-refractivity contribution in [3.63, 3.8) is 0 Å². The minimum absolute atomic E-state index is 0.134. The summed E-state index contributed by atoms with van der Waals surface area (Å²) in [7, 11) is 0. The Hall–Kier alpha value is -2.16. The molecule has 0 atom stereocenters. The van der Waals surface area contributed by atoms with Crippen LogP contribution in [0.1, 0.15) is 44.6 Å². The van der Waals surface area contributed by atoms with Gasteiger partial charge in [0.15, 0.2) is 0 Å². The predicted octanol–water partition coefficient (Wildman–Crippen LogP) is 4.75. The van der Waals surface area contributed by atoms with E-state index in [2.05, 4.69) is 12.2 Å². The highest BCUT2D eigenvalue weighted by atomic mass is 19.1. The number of rotatable bonds is 1. The van der Waals surface area contributed by atoms with Crippen LogP contribution < -0.4 is 5.32 Å². The highest BCUT2D eigenvalue weighted by molar-refractivity contribution is 6.31. The van der Waals surface area contributed by atoms with Crippen LogP contribution in [0, 0.1) is 5.82 Å². The van der Waals surface area contributed by atoms with E-state index in [0.717, 1.165) is 12.8 Å². The third kappa shape index (κ3) is 2.04. The molecule has 4 rings (SSSR count). The molecule has 1 heterocycles. The molecule has 3 heteroatoms. The van der Waals surface area contributed by atoms with Gasteiger partial charge in [-0.1, -0.05) is 5.57 Å². The lowest BCUT2D eigenvalue weighted by atomic mass is 9.91. The van der Waals surface area contributed by atoms with E-state index in [-0.39, 0.29) is 11.7 Å². The number of anilines is 1. The summed E-state index contributed by atoms with van der Waals surface area (Å²) in [4.78, 5) is 12.2. The Kier molecular flexibility index (Phi) is 3.03. The van der Waals surface area contributed by atoms with E-state index in [9.17, 15) is 9.18 Å². The van der Waals surface area contributed by atoms with Crippen LogP contribution in [-0.2, 0) is 4.79 Å². The lowest BCUT2D eigenvalue weighted by Gasteiger charge is -2.14. The zero-order valence-electron chi connectivity index (χ0n) is 12.6. The van der Waals surface area contributed by atoms with Crippen molar-refractivity contribution in [1.82, 2.24) is 0 Å². The highest BCUT2D eigenvalue weighted by Gasteiger charge is 2.27. The second kappa shape index (κ2) is 4.94. The monoisotopic (exact) mass is 295 g/mol. The number of amides is 1. The zero-order valence-corrected chi connectivity index (χ0v) is 12.6. The molecule has 1 aromatic carbocycles. The van der Waals surface area contributed by atoms with Crippen molar-refractivity contribution in [1.29, 1.82) is 0 Å². The Bertz CT molecular complexity index is 783. The number of carbonyl (C=O) groups is 1. The first-order chi connectivity index (χ1) is 10.6. The molecule has 0 unspecified atom stereocenters. The van der Waals surface area contributed by atoms with Crippen LogP contribution in [0.4, 0.5) is 10.1 Å². The molecule has 1 aliphatic heterocycles. The summed E-state index contributed by atoms with van der Waals surface area (Å²) >= 11 is 0. The SMILES string of the molecule is CC1=C(C=C2C(=O)Nc3ccc(F)cc32)CC2=C1CCCC2. The summed E-state index contributed by atoms with van der Waals surface area (Å²) < 4.78 is 13.5. The molecule has 0 spiro atoms. The molecule has 0 fully saturated rings. The highest BCUT2D eigenvalue weighted by Crippen LogP contribution is 2.43. The summed E-state index contributed by atoms with van der Waals surface area (Å²) in [6.07, 6.45) is 7.78. The molecule has 0 saturated heterocycles. The summed E-state index contributed by atoms with van der Waals surface area (Å²) in [5.41, 5.74) is 7.53. The number of benzene rings is 1. The van der Waals surface area contributed by atoms with E-state index in [1.807, 2.05) is 6.08 Å². The van der Waals surface area contributed by atoms with Gasteiger partial charge in [-0.05, 0) is 80.0 Å². The summed E-state index contributed by atoms with van der Waals surface area (Å²) in [5, 5.41) is 2.82. The van der Waals surface area contributed by atoms with Crippen molar-refractivity contribution in [3.05, 3.63) is 57.9 Å². The first-order valence-corrected chi connectivity index (χ1v) is 7.87. The van der Waals surface area contributed by atoms with E-state index < -0.39 is 0 Å². The first kappa shape index (κ1) is 13.5. The second-order valence-electron chi connectivity index (χ2n) is 6.32. The molecule has 1 aromatic rings. The number of allylic oxidation sites excluding steroid dienone is 5. The van der Waals surface area contributed by atoms with Crippen molar-refractivity contribution in [2.24, 2.45) is 0 Å². The second-order valence-corrected chi connectivity index (χ2v) is 6.32. The largest absolute Gasteiger partial charge is 0.321 e. The molecule has 112 valence electrons. The lowest BCUT2D eigenvalue weighted by molar-refractivity contribution is -0.110. The van der Waals surface area contributed by atoms with Crippen LogP contribution in [0.5, 0.6) is 0 Å². The van der Waals surface area contributed by atoms with Gasteiger partial charge in [0.2, 0.25) is 0 Å². The molecule has 0 bridgehead atoms. The molecule has 2 nitrogen and oxygen atoms in total. The van der Waals surface area contributed by atoms with Gasteiger partial charge in [0.1, 0.15) is 5.82 Å². The van der Waals surface area contributed by atoms with Crippen molar-refractivity contribution < 1.29 is 9.18 Å². The summed E-state index contributed by atoms with van der Waals surface area (Å²) in [5.74, 6) is -0.443. The van der Waals surface area contributed by atoms with Gasteiger partial charge < -0.3 is 5.32 Å². The van der Waals surface area contributed by atoms with E-state index in [0.29, 0.717) is 16.8 Å². The summed E-state index contributed by atoms with van der Waals surface area (Å²) in [6, 6.07) is 4.45. The van der Waals surface area contributed by atoms with Gasteiger partial charge in [0.25, 0.3) is 5.91 Å². The fourth-order valence-electron chi connectivity index (χ4n) is 3.81. The van der Waals surface area contributed by atoms with E-state index in [1.54, 1.807) is 6.07 Å². The van der Waals surface area contributed by atoms with E-state index >= 15 is 0 Å². The molecule has 1 N–H and O–H groups in total. The Labute approximate surface area is 129 Å². The molecular formula is C19H18FNO. The minimum Gasteiger partial charge on any atom is -0.321 e. The average molecular weight is 295 g/mol. The molecule has 3 aliphatic rings. The average Bonchev–Trinajstić information content (AvgIpc) is 2.99. The van der Waals surface area contributed by atoms with Crippen LogP contribution in [-0.4, -0.2) is 5.91 Å². The van der Waals surface area contributed by atoms with Gasteiger partial charge >= 0.3 is 0 Å². The maximum Gasteiger partial charge on any atom is 0.256 e. The fraction of sp³-hybridized carbons (Fsp3) is 0.316. The topological polar surface area (TPSA) is 29.1 Å². The molecule has 22 heavy (non-hydrogen) atoms. The van der Waals surface area contributed by atoms with Crippen molar-refractivity contribution in [3.8, 4) is 0 Å². The van der Waals surface area contributed by atoms with Gasteiger partial charge in [-0.2, -0.15) is 0 Å². The number of halogens is 1. The molecule has 0 aromatic heterocycles. The fourth-order valence-corrected chi connectivity index (χ4v) is 3.81. The van der Waals surface area contributed by atoms with Crippen molar-refractivity contribution in [2.75, 3.05) is 5.32 Å². The maximum absolute atomic E-state index is 13.5. The Morgan fingerprint density at radius 2 is 2.05 bits per heavy atom. The molecule has 2 aliphatic carbocycles. The zero-order chi connectivity index (χ0) is 15.3. The number of nitrogens with one attached hydrogen (secondary N) is 1. The Morgan fingerprint density at radius 3 is 2.86 bits per heavy atom. The number of hydrogen-bond acceptors (Lipinski definition) is 1. The van der Waals surface area contributed by atoms with Crippen LogP contribution in [0.3, 0.4) is 0 Å². The molecule has 1 amide bonds. The van der Waals surface area contributed by atoms with Gasteiger partial charge in [-0.15, -0.1) is 0 Å². The lowest BCUT2D eigenvalue weighted by Crippen LogP contribution is -2.04. The molecular weight excluding hydrogens is 277 g/mol. The third-order valence-corrected chi connectivity index (χ3v) is 5.00. The molecule has 0 saturated carbocycles. The maximum atomic E-state index is 13.5. The van der Waals surface area contributed by atoms with Gasteiger partial charge in [-0.25, -0.2) is 4.39 Å². The quantitative estimate of drug-likeness (QED) is 0.744. The van der Waals surface area contributed by atoms with Crippen LogP contribution in [0.2, 0.25) is 0 Å². The number of fused-ring (bicyclic) bond motifs is 1. The van der Waals surface area contributed by atoms with Gasteiger partial charge in [0, 0.05) is 16.8 Å². The smallest absolute Gasteiger partial charge is 0.256 e. The summed E-state index contributed by atoms with van der Waals surface area (Å²) in [6.45, 7) is 2.15. The van der Waals surface area contributed by atoms with E-state index in [1.165, 1.54) is 53.7 Å². The van der Waals surface area contributed by atoms with Crippen LogP contribution >= 0.6 is 0 Å². The van der Waals surface area contributed by atoms with E-state index in [4.69, 9.17) is 0 Å².